The van der Waals surface area contributed by atoms with Gasteiger partial charge >= 0.3 is 0 Å². The van der Waals surface area contributed by atoms with Crippen LogP contribution in [-0.2, 0) is 6.42 Å². The molecule has 0 amide bonds. The van der Waals surface area contributed by atoms with Crippen LogP contribution in [0.4, 0.5) is 0 Å². The Morgan fingerprint density at radius 1 is 1.42 bits per heavy atom. The van der Waals surface area contributed by atoms with E-state index in [1.165, 1.54) is 17.5 Å². The first-order valence-corrected chi connectivity index (χ1v) is 4.91. The maximum Gasteiger partial charge on any atom is 0.0300 e. The van der Waals surface area contributed by atoms with Gasteiger partial charge in [0.1, 0.15) is 0 Å². The second-order valence-electron chi connectivity index (χ2n) is 2.66. The molecule has 0 fully saturated rings. The number of alkyl halides is 1. The Bertz CT molecular complexity index is 226. The van der Waals surface area contributed by atoms with Crippen molar-refractivity contribution in [2.45, 2.75) is 19.8 Å². The Morgan fingerprint density at radius 2 is 2.17 bits per heavy atom. The molecule has 0 aliphatic rings. The third kappa shape index (κ3) is 4.21. The summed E-state index contributed by atoms with van der Waals surface area (Å²) in [5.41, 5.74) is 2.58. The summed E-state index contributed by atoms with van der Waals surface area (Å²) in [5.74, 6) is 0. The van der Waals surface area contributed by atoms with E-state index in [1.54, 1.807) is 0 Å². The molecular formula is C9H13Br2N. The molecule has 0 saturated carbocycles. The number of hydrogen-bond acceptors (Lipinski definition) is 1. The van der Waals surface area contributed by atoms with E-state index in [2.05, 4.69) is 33.9 Å². The van der Waals surface area contributed by atoms with E-state index in [1.807, 2.05) is 12.4 Å². The maximum atomic E-state index is 4.12. The summed E-state index contributed by atoms with van der Waals surface area (Å²) in [6, 6.07) is 2.19. The average molecular weight is 295 g/mol. The Hall–Kier alpha value is 0.110. The van der Waals surface area contributed by atoms with Gasteiger partial charge < -0.3 is 0 Å². The molecule has 0 aromatic carbocycles. The van der Waals surface area contributed by atoms with Crippen LogP contribution in [0.1, 0.15) is 17.5 Å². The summed E-state index contributed by atoms with van der Waals surface area (Å²) in [6.45, 7) is 2.07. The fourth-order valence-corrected chi connectivity index (χ4v) is 1.31. The molecule has 0 N–H and O–H groups in total. The van der Waals surface area contributed by atoms with Gasteiger partial charge in [0.2, 0.25) is 0 Å². The lowest BCUT2D eigenvalue weighted by Gasteiger charge is -1.98. The molecule has 0 atom stereocenters. The van der Waals surface area contributed by atoms with E-state index in [4.69, 9.17) is 0 Å². The minimum absolute atomic E-state index is 0. The van der Waals surface area contributed by atoms with Crippen molar-refractivity contribution >= 4 is 32.9 Å². The molecule has 1 aromatic rings. The van der Waals surface area contributed by atoms with Gasteiger partial charge in [0, 0.05) is 17.7 Å². The van der Waals surface area contributed by atoms with Crippen LogP contribution in [-0.4, -0.2) is 10.3 Å². The van der Waals surface area contributed by atoms with Crippen LogP contribution in [0.5, 0.6) is 0 Å². The van der Waals surface area contributed by atoms with Gasteiger partial charge in [-0.25, -0.2) is 0 Å². The van der Waals surface area contributed by atoms with Crippen LogP contribution in [0.3, 0.4) is 0 Å². The van der Waals surface area contributed by atoms with Crippen LogP contribution >= 0.6 is 32.9 Å². The predicted molar refractivity (Wildman–Crippen MR) is 61.4 cm³/mol. The number of rotatable bonds is 3. The van der Waals surface area contributed by atoms with Crippen LogP contribution in [0.15, 0.2) is 18.5 Å². The molecule has 0 bridgehead atoms. The highest BCUT2D eigenvalue weighted by atomic mass is 79.9. The maximum absolute atomic E-state index is 4.12. The van der Waals surface area contributed by atoms with Gasteiger partial charge in [0.25, 0.3) is 0 Å². The third-order valence-electron chi connectivity index (χ3n) is 1.53. The van der Waals surface area contributed by atoms with Crippen molar-refractivity contribution in [3.05, 3.63) is 29.6 Å². The standard InChI is InChI=1S/C9H12BrN.BrH/c1-8-5-9(3-2-4-10)7-11-6-8;/h5-7H,2-4H2,1H3;1H. The quantitative estimate of drug-likeness (QED) is 0.780. The Labute approximate surface area is 92.5 Å². The first-order chi connectivity index (χ1) is 5.33. The Balaban J connectivity index is 0.00000121. The monoisotopic (exact) mass is 293 g/mol. The SMILES string of the molecule is Br.Cc1cncc(CCCBr)c1. The van der Waals surface area contributed by atoms with E-state index in [0.29, 0.717) is 0 Å². The summed E-state index contributed by atoms with van der Waals surface area (Å²) >= 11 is 3.40. The first-order valence-electron chi connectivity index (χ1n) is 3.79. The molecule has 3 heteroatoms. The summed E-state index contributed by atoms with van der Waals surface area (Å²) in [5, 5.41) is 1.07. The number of aromatic nitrogens is 1. The molecule has 0 spiro atoms. The molecule has 68 valence electrons. The zero-order valence-electron chi connectivity index (χ0n) is 7.09. The molecule has 12 heavy (non-hydrogen) atoms. The Kier molecular flexibility index (Phi) is 6.67. The van der Waals surface area contributed by atoms with Gasteiger partial charge in [-0.05, 0) is 30.9 Å². The second-order valence-corrected chi connectivity index (χ2v) is 3.46. The van der Waals surface area contributed by atoms with Crippen LogP contribution < -0.4 is 0 Å². The molecule has 1 heterocycles. The molecule has 0 aliphatic heterocycles. The highest BCUT2D eigenvalue weighted by Gasteiger charge is 1.92. The highest BCUT2D eigenvalue weighted by Crippen LogP contribution is 2.04. The summed E-state index contributed by atoms with van der Waals surface area (Å²) in [6.07, 6.45) is 6.14. The molecule has 1 aromatic heterocycles. The van der Waals surface area contributed by atoms with E-state index < -0.39 is 0 Å². The molecule has 1 rings (SSSR count). The van der Waals surface area contributed by atoms with E-state index >= 15 is 0 Å². The average Bonchev–Trinajstić information content (AvgIpc) is 2.01. The van der Waals surface area contributed by atoms with Crippen molar-refractivity contribution in [2.24, 2.45) is 0 Å². The smallest absolute Gasteiger partial charge is 0.0300 e. The van der Waals surface area contributed by atoms with E-state index in [-0.39, 0.29) is 17.0 Å². The summed E-state index contributed by atoms with van der Waals surface area (Å²) < 4.78 is 0. The summed E-state index contributed by atoms with van der Waals surface area (Å²) in [7, 11) is 0. The zero-order valence-corrected chi connectivity index (χ0v) is 10.4. The van der Waals surface area contributed by atoms with Crippen molar-refractivity contribution in [3.63, 3.8) is 0 Å². The first kappa shape index (κ1) is 12.1. The molecule has 0 saturated heterocycles. The number of halogens is 2. The molecule has 0 radical (unpaired) electrons. The fraction of sp³-hybridized carbons (Fsp3) is 0.444. The number of hydrogen-bond donors (Lipinski definition) is 0. The number of nitrogens with zero attached hydrogens (tertiary/aromatic N) is 1. The lowest BCUT2D eigenvalue weighted by atomic mass is 10.1. The predicted octanol–water partition coefficient (Wildman–Crippen LogP) is 3.30. The van der Waals surface area contributed by atoms with Gasteiger partial charge in [-0.2, -0.15) is 0 Å². The molecule has 0 unspecified atom stereocenters. The van der Waals surface area contributed by atoms with Crippen molar-refractivity contribution in [1.82, 2.24) is 4.98 Å². The molecule has 0 aliphatic carbocycles. The largest absolute Gasteiger partial charge is 0.264 e. The van der Waals surface area contributed by atoms with E-state index in [0.717, 1.165) is 11.8 Å². The Morgan fingerprint density at radius 3 is 2.75 bits per heavy atom. The van der Waals surface area contributed by atoms with Crippen LogP contribution in [0.25, 0.3) is 0 Å². The minimum Gasteiger partial charge on any atom is -0.264 e. The minimum atomic E-state index is 0. The molecule has 1 nitrogen and oxygen atoms in total. The van der Waals surface area contributed by atoms with Gasteiger partial charge in [0.05, 0.1) is 0 Å². The van der Waals surface area contributed by atoms with Crippen LogP contribution in [0.2, 0.25) is 0 Å². The topological polar surface area (TPSA) is 12.9 Å². The lowest BCUT2D eigenvalue weighted by molar-refractivity contribution is 0.927. The van der Waals surface area contributed by atoms with Crippen molar-refractivity contribution in [3.8, 4) is 0 Å². The number of pyridine rings is 1. The zero-order chi connectivity index (χ0) is 8.10. The van der Waals surface area contributed by atoms with Crippen LogP contribution in [0, 0.1) is 6.92 Å². The second kappa shape index (κ2) is 6.61. The van der Waals surface area contributed by atoms with Gasteiger partial charge in [-0.15, -0.1) is 17.0 Å². The molecular weight excluding hydrogens is 282 g/mol. The van der Waals surface area contributed by atoms with E-state index in [9.17, 15) is 0 Å². The number of aryl methyl sites for hydroxylation is 2. The van der Waals surface area contributed by atoms with Gasteiger partial charge in [-0.1, -0.05) is 22.0 Å². The van der Waals surface area contributed by atoms with Crippen molar-refractivity contribution < 1.29 is 0 Å². The van der Waals surface area contributed by atoms with Gasteiger partial charge in [0.15, 0.2) is 0 Å². The summed E-state index contributed by atoms with van der Waals surface area (Å²) in [4.78, 5) is 4.12. The third-order valence-corrected chi connectivity index (χ3v) is 2.09. The van der Waals surface area contributed by atoms with Crippen molar-refractivity contribution in [2.75, 3.05) is 5.33 Å². The fourth-order valence-electron chi connectivity index (χ4n) is 1.03. The highest BCUT2D eigenvalue weighted by molar-refractivity contribution is 9.09. The lowest BCUT2D eigenvalue weighted by Crippen LogP contribution is -1.88. The normalized spacial score (nSPS) is 9.17. The van der Waals surface area contributed by atoms with Gasteiger partial charge in [-0.3, -0.25) is 4.98 Å². The van der Waals surface area contributed by atoms with Crippen molar-refractivity contribution in [1.29, 1.82) is 0 Å².